The summed E-state index contributed by atoms with van der Waals surface area (Å²) in [6.07, 6.45) is 1.59. The molecule has 7 nitrogen and oxygen atoms in total. The van der Waals surface area contributed by atoms with E-state index in [9.17, 15) is 18.0 Å². The third kappa shape index (κ3) is 4.59. The molecule has 144 valence electrons. The summed E-state index contributed by atoms with van der Waals surface area (Å²) >= 11 is 0. The Kier molecular flexibility index (Phi) is 5.81. The number of hydrogen-bond donors (Lipinski definition) is 2. The summed E-state index contributed by atoms with van der Waals surface area (Å²) in [5.41, 5.74) is 1.55. The number of carbonyl (C=O) groups is 2. The summed E-state index contributed by atoms with van der Waals surface area (Å²) in [6, 6.07) is 14.9. The Hall–Kier alpha value is -3.10. The number of ketones is 1. The van der Waals surface area contributed by atoms with E-state index in [2.05, 4.69) is 15.0 Å². The van der Waals surface area contributed by atoms with Gasteiger partial charge in [0.1, 0.15) is 0 Å². The molecule has 0 atom stereocenters. The first kappa shape index (κ1) is 19.7. The zero-order valence-corrected chi connectivity index (χ0v) is 16.0. The van der Waals surface area contributed by atoms with E-state index in [4.69, 9.17) is 0 Å². The maximum atomic E-state index is 12.4. The maximum absolute atomic E-state index is 12.4. The SMILES string of the molecule is CC(=O)c1cccc(S(=O)(=O)NCCC(=O)Nc2cccc3cccnc23)c1. The van der Waals surface area contributed by atoms with Crippen LogP contribution in [0.4, 0.5) is 5.69 Å². The molecule has 0 saturated heterocycles. The number of rotatable bonds is 7. The van der Waals surface area contributed by atoms with Crippen LogP contribution in [-0.4, -0.2) is 31.6 Å². The van der Waals surface area contributed by atoms with Gasteiger partial charge in [-0.3, -0.25) is 14.6 Å². The Morgan fingerprint density at radius 2 is 1.79 bits per heavy atom. The van der Waals surface area contributed by atoms with Gasteiger partial charge in [-0.05, 0) is 31.2 Å². The number of para-hydroxylation sites is 1. The number of amides is 1. The van der Waals surface area contributed by atoms with Gasteiger partial charge >= 0.3 is 0 Å². The van der Waals surface area contributed by atoms with E-state index in [1.54, 1.807) is 18.3 Å². The molecule has 3 rings (SSSR count). The van der Waals surface area contributed by atoms with E-state index < -0.39 is 10.0 Å². The van der Waals surface area contributed by atoms with E-state index in [1.807, 2.05) is 24.3 Å². The summed E-state index contributed by atoms with van der Waals surface area (Å²) in [5.74, 6) is -0.557. The second-order valence-electron chi connectivity index (χ2n) is 6.16. The van der Waals surface area contributed by atoms with Crippen molar-refractivity contribution in [3.63, 3.8) is 0 Å². The normalized spacial score (nSPS) is 11.3. The molecule has 0 aliphatic carbocycles. The smallest absolute Gasteiger partial charge is 0.240 e. The van der Waals surface area contributed by atoms with Crippen molar-refractivity contribution in [2.75, 3.05) is 11.9 Å². The average Bonchev–Trinajstić information content (AvgIpc) is 2.68. The van der Waals surface area contributed by atoms with Crippen LogP contribution in [0.2, 0.25) is 0 Å². The van der Waals surface area contributed by atoms with Crippen molar-refractivity contribution in [1.82, 2.24) is 9.71 Å². The van der Waals surface area contributed by atoms with Crippen molar-refractivity contribution in [1.29, 1.82) is 0 Å². The predicted octanol–water partition coefficient (Wildman–Crippen LogP) is 2.74. The minimum absolute atomic E-state index is 0.0149. The van der Waals surface area contributed by atoms with Crippen LogP contribution in [0.15, 0.2) is 65.7 Å². The third-order valence-electron chi connectivity index (χ3n) is 4.10. The molecule has 0 radical (unpaired) electrons. The van der Waals surface area contributed by atoms with Crippen molar-refractivity contribution in [3.05, 3.63) is 66.4 Å². The molecular weight excluding hydrogens is 378 g/mol. The first-order valence-corrected chi connectivity index (χ1v) is 10.1. The number of aromatic nitrogens is 1. The molecule has 0 aliphatic heterocycles. The first-order valence-electron chi connectivity index (χ1n) is 8.61. The number of nitrogens with zero attached hydrogens (tertiary/aromatic N) is 1. The molecule has 28 heavy (non-hydrogen) atoms. The highest BCUT2D eigenvalue weighted by molar-refractivity contribution is 7.89. The summed E-state index contributed by atoms with van der Waals surface area (Å²) in [7, 11) is -3.81. The molecule has 8 heteroatoms. The number of anilines is 1. The van der Waals surface area contributed by atoms with Crippen LogP contribution in [0.5, 0.6) is 0 Å². The van der Waals surface area contributed by atoms with Crippen LogP contribution < -0.4 is 10.0 Å². The summed E-state index contributed by atoms with van der Waals surface area (Å²) in [4.78, 5) is 27.9. The number of pyridine rings is 1. The van der Waals surface area contributed by atoms with Crippen LogP contribution in [0.3, 0.4) is 0 Å². The number of fused-ring (bicyclic) bond motifs is 1. The molecule has 0 unspecified atom stereocenters. The van der Waals surface area contributed by atoms with Gasteiger partial charge in [-0.15, -0.1) is 0 Å². The molecule has 0 aliphatic rings. The van der Waals surface area contributed by atoms with Crippen LogP contribution in [0.25, 0.3) is 10.9 Å². The molecule has 0 saturated carbocycles. The van der Waals surface area contributed by atoms with E-state index in [1.165, 1.54) is 25.1 Å². The highest BCUT2D eigenvalue weighted by Gasteiger charge is 2.16. The van der Waals surface area contributed by atoms with E-state index in [-0.39, 0.29) is 29.6 Å². The largest absolute Gasteiger partial charge is 0.324 e. The minimum atomic E-state index is -3.81. The van der Waals surface area contributed by atoms with Crippen LogP contribution in [0.1, 0.15) is 23.7 Å². The molecule has 0 fully saturated rings. The van der Waals surface area contributed by atoms with E-state index in [0.717, 1.165) is 5.39 Å². The highest BCUT2D eigenvalue weighted by Crippen LogP contribution is 2.20. The Bertz CT molecular complexity index is 1140. The van der Waals surface area contributed by atoms with Gasteiger partial charge in [0.25, 0.3) is 0 Å². The quantitative estimate of drug-likeness (QED) is 0.597. The standard InChI is InChI=1S/C20H19N3O4S/c1-14(24)16-6-2-8-17(13-16)28(26,27)22-12-10-19(25)23-18-9-3-5-15-7-4-11-21-20(15)18/h2-9,11,13,22H,10,12H2,1H3,(H,23,25). The lowest BCUT2D eigenvalue weighted by molar-refractivity contribution is -0.116. The fraction of sp³-hybridized carbons (Fsp3) is 0.150. The maximum Gasteiger partial charge on any atom is 0.240 e. The first-order chi connectivity index (χ1) is 13.4. The number of sulfonamides is 1. The topological polar surface area (TPSA) is 105 Å². The second-order valence-corrected chi connectivity index (χ2v) is 7.93. The Morgan fingerprint density at radius 1 is 1.04 bits per heavy atom. The van der Waals surface area contributed by atoms with Gasteiger partial charge in [0.15, 0.2) is 5.78 Å². The number of benzene rings is 2. The van der Waals surface area contributed by atoms with Crippen molar-refractivity contribution >= 4 is 38.3 Å². The zero-order chi connectivity index (χ0) is 20.1. The lowest BCUT2D eigenvalue weighted by Gasteiger charge is -2.09. The number of carbonyl (C=O) groups excluding carboxylic acids is 2. The van der Waals surface area contributed by atoms with Gasteiger partial charge in [-0.1, -0.05) is 30.3 Å². The summed E-state index contributed by atoms with van der Waals surface area (Å²) in [6.45, 7) is 1.29. The molecule has 1 heterocycles. The van der Waals surface area contributed by atoms with Gasteiger partial charge in [0, 0.05) is 30.1 Å². The highest BCUT2D eigenvalue weighted by atomic mass is 32.2. The number of Topliss-reactive ketones (excluding diaryl/α,β-unsaturated/α-hetero) is 1. The molecular formula is C20H19N3O4S. The van der Waals surface area contributed by atoms with Crippen LogP contribution in [-0.2, 0) is 14.8 Å². The van der Waals surface area contributed by atoms with Crippen molar-refractivity contribution in [2.24, 2.45) is 0 Å². The number of hydrogen-bond acceptors (Lipinski definition) is 5. The molecule has 2 aromatic carbocycles. The van der Waals surface area contributed by atoms with Gasteiger partial charge in [-0.2, -0.15) is 0 Å². The van der Waals surface area contributed by atoms with Crippen molar-refractivity contribution in [2.45, 2.75) is 18.2 Å². The number of nitrogens with one attached hydrogen (secondary N) is 2. The monoisotopic (exact) mass is 397 g/mol. The van der Waals surface area contributed by atoms with Gasteiger partial charge in [0.2, 0.25) is 15.9 Å². The van der Waals surface area contributed by atoms with E-state index in [0.29, 0.717) is 16.8 Å². The summed E-state index contributed by atoms with van der Waals surface area (Å²) < 4.78 is 27.1. The lowest BCUT2D eigenvalue weighted by atomic mass is 10.2. The fourth-order valence-electron chi connectivity index (χ4n) is 2.68. The molecule has 1 amide bonds. The third-order valence-corrected chi connectivity index (χ3v) is 5.56. The predicted molar refractivity (Wildman–Crippen MR) is 107 cm³/mol. The molecule has 0 bridgehead atoms. The lowest BCUT2D eigenvalue weighted by Crippen LogP contribution is -2.28. The Labute approximate surface area is 162 Å². The Balaban J connectivity index is 1.62. The second kappa shape index (κ2) is 8.28. The Morgan fingerprint density at radius 3 is 2.57 bits per heavy atom. The molecule has 1 aromatic heterocycles. The molecule has 0 spiro atoms. The minimum Gasteiger partial charge on any atom is -0.324 e. The summed E-state index contributed by atoms with van der Waals surface area (Å²) in [5, 5.41) is 3.65. The van der Waals surface area contributed by atoms with Gasteiger partial charge in [0.05, 0.1) is 16.1 Å². The zero-order valence-electron chi connectivity index (χ0n) is 15.2. The van der Waals surface area contributed by atoms with Gasteiger partial charge < -0.3 is 5.32 Å². The fourth-order valence-corrected chi connectivity index (χ4v) is 3.76. The molecule has 3 aromatic rings. The van der Waals surface area contributed by atoms with Crippen molar-refractivity contribution in [3.8, 4) is 0 Å². The average molecular weight is 397 g/mol. The molecule has 2 N–H and O–H groups in total. The van der Waals surface area contributed by atoms with E-state index >= 15 is 0 Å². The van der Waals surface area contributed by atoms with Gasteiger partial charge in [-0.25, -0.2) is 13.1 Å². The van der Waals surface area contributed by atoms with Crippen molar-refractivity contribution < 1.29 is 18.0 Å². The van der Waals surface area contributed by atoms with Crippen LogP contribution in [0, 0.1) is 0 Å². The van der Waals surface area contributed by atoms with Crippen LogP contribution >= 0.6 is 0 Å².